The lowest BCUT2D eigenvalue weighted by molar-refractivity contribution is 0.188. The Kier molecular flexibility index (Phi) is 2.52. The summed E-state index contributed by atoms with van der Waals surface area (Å²) in [6.07, 6.45) is 4.02. The molecule has 0 spiro atoms. The third-order valence-corrected chi connectivity index (χ3v) is 2.18. The molecule has 1 aliphatic carbocycles. The van der Waals surface area contributed by atoms with Gasteiger partial charge in [0.15, 0.2) is 0 Å². The van der Waals surface area contributed by atoms with Crippen molar-refractivity contribution < 1.29 is 9.90 Å². The summed E-state index contributed by atoms with van der Waals surface area (Å²) >= 11 is 0. The molecule has 2 atom stereocenters. The first-order valence-corrected chi connectivity index (χ1v) is 3.86. The van der Waals surface area contributed by atoms with Gasteiger partial charge in [-0.2, -0.15) is 0 Å². The molecule has 0 saturated heterocycles. The molecule has 3 heteroatoms. The third-order valence-electron chi connectivity index (χ3n) is 2.18. The second kappa shape index (κ2) is 3.42. The fourth-order valence-electron chi connectivity index (χ4n) is 1.61. The average molecular weight is 155 g/mol. The number of hydrogen-bond donors (Lipinski definition) is 2. The van der Waals surface area contributed by atoms with Gasteiger partial charge in [0.25, 0.3) is 0 Å². The number of amides is 1. The predicted molar refractivity (Wildman–Crippen MR) is 42.5 cm³/mol. The summed E-state index contributed by atoms with van der Waals surface area (Å²) in [4.78, 5) is 10.3. The number of hydrogen-bond acceptors (Lipinski definition) is 1. The van der Waals surface area contributed by atoms with Gasteiger partial charge in [0.2, 0.25) is 0 Å². The first-order chi connectivity index (χ1) is 5.24. The highest BCUT2D eigenvalue weighted by Crippen LogP contribution is 2.25. The number of carbonyl (C=O) groups is 1. The summed E-state index contributed by atoms with van der Waals surface area (Å²) in [7, 11) is 0. The lowest BCUT2D eigenvalue weighted by atomic mass is 10.0. The van der Waals surface area contributed by atoms with E-state index in [-0.39, 0.29) is 6.04 Å². The van der Waals surface area contributed by atoms with Crippen LogP contribution in [-0.4, -0.2) is 17.2 Å². The van der Waals surface area contributed by atoms with E-state index in [2.05, 4.69) is 11.9 Å². The van der Waals surface area contributed by atoms with Gasteiger partial charge in [0, 0.05) is 6.04 Å². The normalized spacial score (nSPS) is 29.8. The molecule has 1 rings (SSSR count). The summed E-state index contributed by atoms with van der Waals surface area (Å²) in [6.45, 7) is 3.67. The fourth-order valence-corrected chi connectivity index (χ4v) is 1.61. The summed E-state index contributed by atoms with van der Waals surface area (Å²) < 4.78 is 0. The van der Waals surface area contributed by atoms with Crippen molar-refractivity contribution in [3.63, 3.8) is 0 Å². The maximum absolute atomic E-state index is 10.3. The Morgan fingerprint density at radius 1 is 1.64 bits per heavy atom. The molecule has 0 aromatic carbocycles. The van der Waals surface area contributed by atoms with Crippen LogP contribution >= 0.6 is 0 Å². The minimum atomic E-state index is -0.927. The molecule has 0 aromatic heterocycles. The number of nitrogens with one attached hydrogen (secondary N) is 1. The zero-order valence-electron chi connectivity index (χ0n) is 6.42. The van der Waals surface area contributed by atoms with Gasteiger partial charge < -0.3 is 10.4 Å². The van der Waals surface area contributed by atoms with Gasteiger partial charge in [-0.1, -0.05) is 12.5 Å². The zero-order chi connectivity index (χ0) is 8.27. The second-order valence-electron chi connectivity index (χ2n) is 2.89. The Balaban J connectivity index is 2.43. The maximum atomic E-state index is 10.3. The smallest absolute Gasteiger partial charge is 0.404 e. The maximum Gasteiger partial charge on any atom is 0.404 e. The number of carboxylic acid groups (broad SMARTS) is 1. The third kappa shape index (κ3) is 1.97. The molecule has 2 N–H and O–H groups in total. The van der Waals surface area contributed by atoms with E-state index in [0.717, 1.165) is 19.3 Å². The summed E-state index contributed by atoms with van der Waals surface area (Å²) in [6, 6.07) is 0.102. The molecule has 0 heterocycles. The summed E-state index contributed by atoms with van der Waals surface area (Å²) in [5.74, 6) is 0.339. The van der Waals surface area contributed by atoms with Gasteiger partial charge in [-0.25, -0.2) is 4.79 Å². The molecular weight excluding hydrogens is 142 g/mol. The molecule has 0 bridgehead atoms. The van der Waals surface area contributed by atoms with E-state index in [1.807, 2.05) is 6.08 Å². The van der Waals surface area contributed by atoms with Crippen LogP contribution in [0.25, 0.3) is 0 Å². The lowest BCUT2D eigenvalue weighted by Gasteiger charge is -2.14. The SMILES string of the molecule is C=C[C@H]1CCC[C@@H]1NC(=O)O. The standard InChI is InChI=1S/C8H13NO2/c1-2-6-4-3-5-7(6)9-8(10)11/h2,6-7,9H,1,3-5H2,(H,10,11)/t6-,7-/m0/s1. The Morgan fingerprint density at radius 2 is 2.36 bits per heavy atom. The highest BCUT2D eigenvalue weighted by Gasteiger charge is 2.25. The molecule has 1 amide bonds. The van der Waals surface area contributed by atoms with E-state index >= 15 is 0 Å². The molecule has 0 aliphatic heterocycles. The van der Waals surface area contributed by atoms with Crippen LogP contribution in [0, 0.1) is 5.92 Å². The van der Waals surface area contributed by atoms with Crippen LogP contribution in [0.1, 0.15) is 19.3 Å². The van der Waals surface area contributed by atoms with Gasteiger partial charge in [-0.05, 0) is 18.8 Å². The van der Waals surface area contributed by atoms with Gasteiger partial charge in [0.05, 0.1) is 0 Å². The van der Waals surface area contributed by atoms with E-state index in [9.17, 15) is 4.79 Å². The van der Waals surface area contributed by atoms with Crippen molar-refractivity contribution in [2.45, 2.75) is 25.3 Å². The molecule has 1 fully saturated rings. The minimum Gasteiger partial charge on any atom is -0.465 e. The fraction of sp³-hybridized carbons (Fsp3) is 0.625. The summed E-state index contributed by atoms with van der Waals surface area (Å²) in [5, 5.41) is 10.9. The molecule has 62 valence electrons. The Labute approximate surface area is 66.1 Å². The monoisotopic (exact) mass is 155 g/mol. The van der Waals surface area contributed by atoms with Crippen molar-refractivity contribution in [1.29, 1.82) is 0 Å². The van der Waals surface area contributed by atoms with E-state index in [4.69, 9.17) is 5.11 Å². The Morgan fingerprint density at radius 3 is 2.91 bits per heavy atom. The Bertz CT molecular complexity index is 167. The van der Waals surface area contributed by atoms with Gasteiger partial charge >= 0.3 is 6.09 Å². The van der Waals surface area contributed by atoms with Crippen molar-refractivity contribution in [1.82, 2.24) is 5.32 Å². The molecule has 1 saturated carbocycles. The second-order valence-corrected chi connectivity index (χ2v) is 2.89. The highest BCUT2D eigenvalue weighted by atomic mass is 16.4. The minimum absolute atomic E-state index is 0.102. The predicted octanol–water partition coefficient (Wildman–Crippen LogP) is 1.61. The van der Waals surface area contributed by atoms with Crippen LogP contribution in [0.2, 0.25) is 0 Å². The van der Waals surface area contributed by atoms with Gasteiger partial charge in [-0.3, -0.25) is 0 Å². The molecule has 0 unspecified atom stereocenters. The molecule has 0 aromatic rings. The first kappa shape index (κ1) is 8.11. The molecule has 3 nitrogen and oxygen atoms in total. The van der Waals surface area contributed by atoms with Gasteiger partial charge in [0.1, 0.15) is 0 Å². The van der Waals surface area contributed by atoms with Crippen LogP contribution in [0.15, 0.2) is 12.7 Å². The highest BCUT2D eigenvalue weighted by molar-refractivity contribution is 5.65. The topological polar surface area (TPSA) is 49.3 Å². The van der Waals surface area contributed by atoms with Crippen molar-refractivity contribution in [2.24, 2.45) is 5.92 Å². The molecular formula is C8H13NO2. The van der Waals surface area contributed by atoms with Crippen LogP contribution in [0.4, 0.5) is 4.79 Å². The quantitative estimate of drug-likeness (QED) is 0.595. The van der Waals surface area contributed by atoms with Crippen LogP contribution in [-0.2, 0) is 0 Å². The van der Waals surface area contributed by atoms with Gasteiger partial charge in [-0.15, -0.1) is 6.58 Å². The van der Waals surface area contributed by atoms with Crippen molar-refractivity contribution >= 4 is 6.09 Å². The van der Waals surface area contributed by atoms with Crippen molar-refractivity contribution in [3.8, 4) is 0 Å². The lowest BCUT2D eigenvalue weighted by Crippen LogP contribution is -2.35. The van der Waals surface area contributed by atoms with E-state index < -0.39 is 6.09 Å². The van der Waals surface area contributed by atoms with Crippen LogP contribution < -0.4 is 5.32 Å². The molecule has 0 radical (unpaired) electrons. The molecule has 1 aliphatic rings. The van der Waals surface area contributed by atoms with E-state index in [1.165, 1.54) is 0 Å². The van der Waals surface area contributed by atoms with E-state index in [1.54, 1.807) is 0 Å². The van der Waals surface area contributed by atoms with Crippen molar-refractivity contribution in [3.05, 3.63) is 12.7 Å². The van der Waals surface area contributed by atoms with Crippen LogP contribution in [0.5, 0.6) is 0 Å². The van der Waals surface area contributed by atoms with E-state index in [0.29, 0.717) is 5.92 Å². The molecule has 11 heavy (non-hydrogen) atoms. The van der Waals surface area contributed by atoms with Crippen LogP contribution in [0.3, 0.4) is 0 Å². The zero-order valence-corrected chi connectivity index (χ0v) is 6.42. The Hall–Kier alpha value is -0.990. The average Bonchev–Trinajstić information content (AvgIpc) is 2.34. The van der Waals surface area contributed by atoms with Crippen molar-refractivity contribution in [2.75, 3.05) is 0 Å². The number of rotatable bonds is 2. The first-order valence-electron chi connectivity index (χ1n) is 3.86. The summed E-state index contributed by atoms with van der Waals surface area (Å²) in [5.41, 5.74) is 0. The largest absolute Gasteiger partial charge is 0.465 e.